The molecule has 4 rings (SSSR count). The Balaban J connectivity index is 1.85. The fraction of sp³-hybridized carbons (Fsp3) is 0.433. The molecular weight excluding hydrogens is 422 g/mol. The molecule has 0 radical (unpaired) electrons. The van der Waals surface area contributed by atoms with Crippen molar-refractivity contribution < 1.29 is 14.6 Å². The highest BCUT2D eigenvalue weighted by molar-refractivity contribution is 5.84. The Morgan fingerprint density at radius 2 is 1.71 bits per heavy atom. The molecule has 4 nitrogen and oxygen atoms in total. The molecule has 4 heteroatoms. The van der Waals surface area contributed by atoms with Crippen molar-refractivity contribution in [2.75, 3.05) is 6.54 Å². The van der Waals surface area contributed by atoms with E-state index in [0.29, 0.717) is 0 Å². The van der Waals surface area contributed by atoms with Gasteiger partial charge < -0.3 is 9.84 Å². The molecule has 0 saturated heterocycles. The monoisotopic (exact) mass is 459 g/mol. The predicted octanol–water partition coefficient (Wildman–Crippen LogP) is 6.81. The summed E-state index contributed by atoms with van der Waals surface area (Å²) in [7, 11) is 0. The van der Waals surface area contributed by atoms with Crippen LogP contribution in [0, 0.1) is 20.8 Å². The summed E-state index contributed by atoms with van der Waals surface area (Å²) in [6, 6.07) is 8.40. The number of hydrogen-bond donors (Lipinski definition) is 1. The van der Waals surface area contributed by atoms with Gasteiger partial charge in [0.25, 0.3) is 0 Å². The third-order valence-electron chi connectivity index (χ3n) is 6.91. The number of aryl methyl sites for hydroxylation is 1. The van der Waals surface area contributed by atoms with Crippen molar-refractivity contribution in [3.8, 4) is 11.1 Å². The topological polar surface area (TPSA) is 49.8 Å². The summed E-state index contributed by atoms with van der Waals surface area (Å²) >= 11 is 0. The summed E-state index contributed by atoms with van der Waals surface area (Å²) in [4.78, 5) is 15.0. The second-order valence-electron chi connectivity index (χ2n) is 10.7. The summed E-state index contributed by atoms with van der Waals surface area (Å²) in [5, 5.41) is 10.3. The van der Waals surface area contributed by atoms with Gasteiger partial charge in [-0.2, -0.15) is 0 Å². The van der Waals surface area contributed by atoms with E-state index < -0.39 is 17.7 Å². The molecule has 0 saturated carbocycles. The number of carboxylic acids is 1. The SMILES string of the molecule is Cc1ccc(-c2c(C)c3c(c(C)c2C(OC(C)(C)C)C(=O)O)CN(CC2=CC=CCC2)C3)cc1. The van der Waals surface area contributed by atoms with Crippen LogP contribution in [0.2, 0.25) is 0 Å². The molecule has 0 bridgehead atoms. The number of allylic oxidation sites excluding steroid dienone is 3. The Labute approximate surface area is 203 Å². The number of carbonyl (C=O) groups is 1. The van der Waals surface area contributed by atoms with Gasteiger partial charge in [-0.05, 0) is 87.8 Å². The average Bonchev–Trinajstić information content (AvgIpc) is 3.20. The fourth-order valence-corrected chi connectivity index (χ4v) is 5.28. The molecule has 1 heterocycles. The summed E-state index contributed by atoms with van der Waals surface area (Å²) in [5.74, 6) is -0.945. The van der Waals surface area contributed by atoms with Crippen LogP contribution in [0.25, 0.3) is 11.1 Å². The number of nitrogens with zero attached hydrogens (tertiary/aromatic N) is 1. The van der Waals surface area contributed by atoms with Gasteiger partial charge in [-0.25, -0.2) is 4.79 Å². The Bertz CT molecular complexity index is 1150. The zero-order valence-corrected chi connectivity index (χ0v) is 21.4. The summed E-state index contributed by atoms with van der Waals surface area (Å²) in [5.41, 5.74) is 9.73. The number of rotatable bonds is 6. The van der Waals surface area contributed by atoms with E-state index in [-0.39, 0.29) is 0 Å². The molecule has 1 N–H and O–H groups in total. The number of benzene rings is 2. The summed E-state index contributed by atoms with van der Waals surface area (Å²) in [6.45, 7) is 14.7. The minimum atomic E-state index is -1.03. The van der Waals surface area contributed by atoms with Gasteiger partial charge in [-0.15, -0.1) is 0 Å². The van der Waals surface area contributed by atoms with Crippen LogP contribution in [0.5, 0.6) is 0 Å². The molecule has 2 aliphatic rings. The van der Waals surface area contributed by atoms with E-state index >= 15 is 0 Å². The molecule has 2 aromatic carbocycles. The highest BCUT2D eigenvalue weighted by atomic mass is 16.5. The fourth-order valence-electron chi connectivity index (χ4n) is 5.28. The largest absolute Gasteiger partial charge is 0.479 e. The van der Waals surface area contributed by atoms with Crippen molar-refractivity contribution in [1.82, 2.24) is 4.90 Å². The number of ether oxygens (including phenoxy) is 1. The number of carboxylic acid groups (broad SMARTS) is 1. The van der Waals surface area contributed by atoms with E-state index in [1.807, 2.05) is 20.8 Å². The first-order valence-electron chi connectivity index (χ1n) is 12.2. The van der Waals surface area contributed by atoms with Crippen molar-refractivity contribution in [2.24, 2.45) is 0 Å². The van der Waals surface area contributed by atoms with E-state index in [4.69, 9.17) is 4.74 Å². The van der Waals surface area contributed by atoms with E-state index in [0.717, 1.165) is 54.7 Å². The van der Waals surface area contributed by atoms with E-state index in [1.54, 1.807) is 0 Å². The van der Waals surface area contributed by atoms with Crippen LogP contribution in [-0.2, 0) is 22.6 Å². The lowest BCUT2D eigenvalue weighted by atomic mass is 9.83. The molecule has 0 aromatic heterocycles. The minimum Gasteiger partial charge on any atom is -0.479 e. The number of hydrogen-bond acceptors (Lipinski definition) is 3. The lowest BCUT2D eigenvalue weighted by Gasteiger charge is -2.30. The summed E-state index contributed by atoms with van der Waals surface area (Å²) in [6.07, 6.45) is 7.82. The molecule has 2 aromatic rings. The normalized spacial score (nSPS) is 16.9. The van der Waals surface area contributed by atoms with Crippen LogP contribution >= 0.6 is 0 Å². The Morgan fingerprint density at radius 3 is 2.26 bits per heavy atom. The zero-order chi connectivity index (χ0) is 24.6. The lowest BCUT2D eigenvalue weighted by molar-refractivity contribution is -0.160. The van der Waals surface area contributed by atoms with Crippen LogP contribution in [-0.4, -0.2) is 28.1 Å². The van der Waals surface area contributed by atoms with Crippen molar-refractivity contribution in [1.29, 1.82) is 0 Å². The highest BCUT2D eigenvalue weighted by Crippen LogP contribution is 2.43. The van der Waals surface area contributed by atoms with Gasteiger partial charge in [0.2, 0.25) is 0 Å². The number of fused-ring (bicyclic) bond motifs is 1. The van der Waals surface area contributed by atoms with Crippen molar-refractivity contribution >= 4 is 5.97 Å². The van der Waals surface area contributed by atoms with E-state index in [2.05, 4.69) is 68.2 Å². The molecule has 1 aliphatic heterocycles. The van der Waals surface area contributed by atoms with Crippen LogP contribution in [0.3, 0.4) is 0 Å². The highest BCUT2D eigenvalue weighted by Gasteiger charge is 2.35. The van der Waals surface area contributed by atoms with Gasteiger partial charge in [-0.3, -0.25) is 4.90 Å². The van der Waals surface area contributed by atoms with Gasteiger partial charge in [-0.1, -0.05) is 53.6 Å². The maximum absolute atomic E-state index is 12.6. The Kier molecular flexibility index (Phi) is 6.84. The zero-order valence-electron chi connectivity index (χ0n) is 21.4. The molecule has 1 aliphatic carbocycles. The third-order valence-corrected chi connectivity index (χ3v) is 6.91. The molecule has 1 atom stereocenters. The van der Waals surface area contributed by atoms with Gasteiger partial charge in [0.1, 0.15) is 0 Å². The first-order valence-corrected chi connectivity index (χ1v) is 12.2. The van der Waals surface area contributed by atoms with Crippen LogP contribution in [0.4, 0.5) is 0 Å². The Morgan fingerprint density at radius 1 is 1.06 bits per heavy atom. The predicted molar refractivity (Wildman–Crippen MR) is 138 cm³/mol. The quantitative estimate of drug-likeness (QED) is 0.515. The van der Waals surface area contributed by atoms with Gasteiger partial charge in [0, 0.05) is 25.2 Å². The standard InChI is InChI=1S/C30H37NO3/c1-19-12-14-23(15-13-19)26-20(2)24-17-31(16-22-10-8-7-9-11-22)18-25(24)21(3)27(26)28(29(32)33)34-30(4,5)6/h7-8,10,12-15,28H,9,11,16-18H2,1-6H3,(H,32,33). The van der Waals surface area contributed by atoms with Gasteiger partial charge in [0.05, 0.1) is 5.60 Å². The second-order valence-corrected chi connectivity index (χ2v) is 10.7. The number of aliphatic carboxylic acids is 1. The molecule has 0 spiro atoms. The smallest absolute Gasteiger partial charge is 0.337 e. The van der Waals surface area contributed by atoms with Crippen LogP contribution in [0.15, 0.2) is 48.1 Å². The first-order chi connectivity index (χ1) is 16.0. The maximum Gasteiger partial charge on any atom is 0.337 e. The lowest BCUT2D eigenvalue weighted by Crippen LogP contribution is -2.28. The van der Waals surface area contributed by atoms with E-state index in [1.165, 1.54) is 27.8 Å². The molecule has 180 valence electrons. The maximum atomic E-state index is 12.6. The minimum absolute atomic E-state index is 0.583. The van der Waals surface area contributed by atoms with E-state index in [9.17, 15) is 9.90 Å². The second kappa shape index (κ2) is 9.52. The average molecular weight is 460 g/mol. The van der Waals surface area contributed by atoms with Crippen molar-refractivity contribution in [3.63, 3.8) is 0 Å². The molecular formula is C30H37NO3. The van der Waals surface area contributed by atoms with Crippen LogP contribution < -0.4 is 0 Å². The Hall–Kier alpha value is -2.69. The third kappa shape index (κ3) is 5.03. The molecule has 34 heavy (non-hydrogen) atoms. The first kappa shape index (κ1) is 24.4. The molecule has 1 unspecified atom stereocenters. The van der Waals surface area contributed by atoms with Crippen molar-refractivity contribution in [2.45, 2.75) is 79.2 Å². The van der Waals surface area contributed by atoms with Gasteiger partial charge >= 0.3 is 5.97 Å². The molecule has 0 fully saturated rings. The van der Waals surface area contributed by atoms with Crippen molar-refractivity contribution in [3.05, 3.63) is 81.4 Å². The van der Waals surface area contributed by atoms with Crippen LogP contribution in [0.1, 0.15) is 73.1 Å². The molecule has 0 amide bonds. The van der Waals surface area contributed by atoms with Gasteiger partial charge in [0.15, 0.2) is 6.10 Å². The summed E-state index contributed by atoms with van der Waals surface area (Å²) < 4.78 is 6.19.